The fourth-order valence-electron chi connectivity index (χ4n) is 3.24. The molecule has 5 heteroatoms. The Labute approximate surface area is 117 Å². The third-order valence-electron chi connectivity index (χ3n) is 4.45. The van der Waals surface area contributed by atoms with Crippen LogP contribution in [-0.4, -0.2) is 31.3 Å². The quantitative estimate of drug-likeness (QED) is 0.904. The first kappa shape index (κ1) is 13.4. The number of hydrogen-bond acceptors (Lipinski definition) is 3. The highest BCUT2D eigenvalue weighted by atomic mass is 19.1. The summed E-state index contributed by atoms with van der Waals surface area (Å²) in [7, 11) is 0. The summed E-state index contributed by atoms with van der Waals surface area (Å²) in [5, 5.41) is 3.35. The molecule has 2 atom stereocenters. The second-order valence-electron chi connectivity index (χ2n) is 5.74. The fourth-order valence-corrected chi connectivity index (χ4v) is 3.24. The van der Waals surface area contributed by atoms with Crippen molar-refractivity contribution in [3.8, 4) is 0 Å². The minimum atomic E-state index is -0.493. The van der Waals surface area contributed by atoms with Gasteiger partial charge in [0.05, 0.1) is 11.2 Å². The van der Waals surface area contributed by atoms with E-state index in [-0.39, 0.29) is 11.7 Å². The predicted molar refractivity (Wildman–Crippen MR) is 74.2 cm³/mol. The zero-order chi connectivity index (χ0) is 14.2. The van der Waals surface area contributed by atoms with Crippen molar-refractivity contribution < 1.29 is 13.9 Å². The van der Waals surface area contributed by atoms with E-state index in [0.29, 0.717) is 12.3 Å². The van der Waals surface area contributed by atoms with Crippen molar-refractivity contribution in [2.75, 3.05) is 24.6 Å². The maximum atomic E-state index is 14.1. The van der Waals surface area contributed by atoms with E-state index in [2.05, 4.69) is 5.32 Å². The maximum absolute atomic E-state index is 14.1. The number of carbonyl (C=O) groups is 1. The number of anilines is 1. The van der Waals surface area contributed by atoms with E-state index in [9.17, 15) is 9.18 Å². The number of para-hydroxylation sites is 1. The number of cyclic esters (lactones) is 1. The lowest BCUT2D eigenvalue weighted by Crippen LogP contribution is -2.55. The van der Waals surface area contributed by atoms with Gasteiger partial charge in [-0.3, -0.25) is 4.90 Å². The van der Waals surface area contributed by atoms with Gasteiger partial charge in [-0.2, -0.15) is 0 Å². The average Bonchev–Trinajstić information content (AvgIpc) is 2.78. The minimum Gasteiger partial charge on any atom is -0.447 e. The van der Waals surface area contributed by atoms with Crippen LogP contribution in [0.1, 0.15) is 19.8 Å². The van der Waals surface area contributed by atoms with Gasteiger partial charge in [-0.15, -0.1) is 0 Å². The van der Waals surface area contributed by atoms with Crippen LogP contribution in [0.15, 0.2) is 24.3 Å². The Morgan fingerprint density at radius 2 is 2.25 bits per heavy atom. The van der Waals surface area contributed by atoms with Crippen molar-refractivity contribution in [3.05, 3.63) is 30.1 Å². The fraction of sp³-hybridized carbons (Fsp3) is 0.533. The SMILES string of the molecule is CC1(C2CCCNC2)COC(=O)N1c1ccccc1F. The molecule has 0 aromatic heterocycles. The van der Waals surface area contributed by atoms with Crippen molar-refractivity contribution in [1.82, 2.24) is 5.32 Å². The minimum absolute atomic E-state index is 0.266. The molecule has 2 aliphatic rings. The smallest absolute Gasteiger partial charge is 0.415 e. The molecular formula is C15H19FN2O2. The van der Waals surface area contributed by atoms with Gasteiger partial charge in [0, 0.05) is 6.54 Å². The van der Waals surface area contributed by atoms with Gasteiger partial charge in [0.2, 0.25) is 0 Å². The molecule has 2 aliphatic heterocycles. The monoisotopic (exact) mass is 278 g/mol. The van der Waals surface area contributed by atoms with Crippen molar-refractivity contribution in [1.29, 1.82) is 0 Å². The Balaban J connectivity index is 1.97. The maximum Gasteiger partial charge on any atom is 0.415 e. The number of nitrogens with zero attached hydrogens (tertiary/aromatic N) is 1. The standard InChI is InChI=1S/C15H19FN2O2/c1-15(11-5-4-8-17-9-11)10-20-14(19)18(15)13-7-3-2-6-12(13)16/h2-3,6-7,11,17H,4-5,8-10H2,1H3. The number of carbonyl (C=O) groups excluding carboxylic acids is 1. The van der Waals surface area contributed by atoms with E-state index >= 15 is 0 Å². The van der Waals surface area contributed by atoms with Gasteiger partial charge in [0.25, 0.3) is 0 Å². The molecule has 20 heavy (non-hydrogen) atoms. The van der Waals surface area contributed by atoms with Crippen molar-refractivity contribution in [2.24, 2.45) is 5.92 Å². The van der Waals surface area contributed by atoms with Crippen molar-refractivity contribution in [2.45, 2.75) is 25.3 Å². The van der Waals surface area contributed by atoms with E-state index in [4.69, 9.17) is 4.74 Å². The van der Waals surface area contributed by atoms with Gasteiger partial charge in [-0.25, -0.2) is 9.18 Å². The lowest BCUT2D eigenvalue weighted by Gasteiger charge is -2.41. The topological polar surface area (TPSA) is 41.6 Å². The molecule has 0 aliphatic carbocycles. The van der Waals surface area contributed by atoms with E-state index in [0.717, 1.165) is 25.9 Å². The number of benzene rings is 1. The molecule has 1 aromatic rings. The highest BCUT2D eigenvalue weighted by Crippen LogP contribution is 2.39. The largest absolute Gasteiger partial charge is 0.447 e. The Bertz CT molecular complexity index is 516. The molecule has 108 valence electrons. The first-order valence-electron chi connectivity index (χ1n) is 7.05. The molecule has 2 heterocycles. The molecule has 2 unspecified atom stereocenters. The lowest BCUT2D eigenvalue weighted by atomic mass is 9.80. The Hall–Kier alpha value is -1.62. The summed E-state index contributed by atoms with van der Waals surface area (Å²) in [5.41, 5.74) is -0.185. The van der Waals surface area contributed by atoms with Crippen molar-refractivity contribution in [3.63, 3.8) is 0 Å². The summed E-state index contributed by atoms with van der Waals surface area (Å²) in [6.45, 7) is 4.13. The molecule has 0 spiro atoms. The Morgan fingerprint density at radius 1 is 1.45 bits per heavy atom. The molecule has 0 bridgehead atoms. The van der Waals surface area contributed by atoms with Gasteiger partial charge in [0.15, 0.2) is 0 Å². The predicted octanol–water partition coefficient (Wildman–Crippen LogP) is 2.54. The van der Waals surface area contributed by atoms with Gasteiger partial charge in [0.1, 0.15) is 12.4 Å². The number of piperidine rings is 1. The van der Waals surface area contributed by atoms with E-state index in [1.54, 1.807) is 18.2 Å². The van der Waals surface area contributed by atoms with Crippen LogP contribution < -0.4 is 10.2 Å². The first-order chi connectivity index (χ1) is 9.63. The number of rotatable bonds is 2. The average molecular weight is 278 g/mol. The summed E-state index contributed by atoms with van der Waals surface area (Å²) in [5.74, 6) is -0.122. The number of amides is 1. The van der Waals surface area contributed by atoms with E-state index in [1.807, 2.05) is 6.92 Å². The van der Waals surface area contributed by atoms with Crippen LogP contribution in [0.25, 0.3) is 0 Å². The van der Waals surface area contributed by atoms with Crippen LogP contribution in [0, 0.1) is 11.7 Å². The third-order valence-corrected chi connectivity index (χ3v) is 4.45. The van der Waals surface area contributed by atoms with Crippen LogP contribution in [0.4, 0.5) is 14.9 Å². The summed E-state index contributed by atoms with van der Waals surface area (Å²) in [4.78, 5) is 13.6. The van der Waals surface area contributed by atoms with E-state index < -0.39 is 11.6 Å². The molecule has 1 N–H and O–H groups in total. The Kier molecular flexibility index (Phi) is 3.38. The molecule has 3 rings (SSSR count). The molecule has 1 amide bonds. The lowest BCUT2D eigenvalue weighted by molar-refractivity contribution is 0.157. The highest BCUT2D eigenvalue weighted by Gasteiger charge is 2.50. The summed E-state index contributed by atoms with van der Waals surface area (Å²) in [6, 6.07) is 6.38. The van der Waals surface area contributed by atoms with Crippen LogP contribution in [-0.2, 0) is 4.74 Å². The number of nitrogens with one attached hydrogen (secondary N) is 1. The van der Waals surface area contributed by atoms with Crippen LogP contribution in [0.3, 0.4) is 0 Å². The second kappa shape index (κ2) is 5.05. The Morgan fingerprint density at radius 3 is 2.95 bits per heavy atom. The van der Waals surface area contributed by atoms with Gasteiger partial charge >= 0.3 is 6.09 Å². The number of halogens is 1. The molecule has 0 radical (unpaired) electrons. The number of ether oxygens (including phenoxy) is 1. The van der Waals surface area contributed by atoms with Gasteiger partial charge < -0.3 is 10.1 Å². The van der Waals surface area contributed by atoms with Crippen LogP contribution >= 0.6 is 0 Å². The summed E-state index contributed by atoms with van der Waals surface area (Å²) >= 11 is 0. The van der Waals surface area contributed by atoms with Gasteiger partial charge in [-0.05, 0) is 44.4 Å². The normalized spacial score (nSPS) is 30.4. The third kappa shape index (κ3) is 2.06. The molecule has 1 aromatic carbocycles. The number of hydrogen-bond donors (Lipinski definition) is 1. The van der Waals surface area contributed by atoms with E-state index in [1.165, 1.54) is 11.0 Å². The zero-order valence-electron chi connectivity index (χ0n) is 11.6. The van der Waals surface area contributed by atoms with Crippen molar-refractivity contribution >= 4 is 11.8 Å². The molecule has 2 saturated heterocycles. The first-order valence-corrected chi connectivity index (χ1v) is 7.05. The second-order valence-corrected chi connectivity index (χ2v) is 5.74. The molecular weight excluding hydrogens is 259 g/mol. The van der Waals surface area contributed by atoms with Gasteiger partial charge in [-0.1, -0.05) is 12.1 Å². The summed E-state index contributed by atoms with van der Waals surface area (Å²) in [6.07, 6.45) is 1.63. The molecule has 2 fully saturated rings. The molecule has 4 nitrogen and oxygen atoms in total. The zero-order valence-corrected chi connectivity index (χ0v) is 11.6. The molecule has 0 saturated carbocycles. The summed E-state index contributed by atoms with van der Waals surface area (Å²) < 4.78 is 19.3. The highest BCUT2D eigenvalue weighted by molar-refractivity contribution is 5.91. The van der Waals surface area contributed by atoms with Crippen LogP contribution in [0.5, 0.6) is 0 Å². The van der Waals surface area contributed by atoms with Crippen LogP contribution in [0.2, 0.25) is 0 Å².